The van der Waals surface area contributed by atoms with Crippen molar-refractivity contribution in [2.75, 3.05) is 18.9 Å². The number of nitrogens with two attached hydrogens (primary N) is 1. The van der Waals surface area contributed by atoms with Crippen LogP contribution < -0.4 is 11.1 Å². The first kappa shape index (κ1) is 26.0. The van der Waals surface area contributed by atoms with Crippen molar-refractivity contribution in [3.05, 3.63) is 12.4 Å². The van der Waals surface area contributed by atoms with E-state index in [9.17, 15) is 18.9 Å². The van der Waals surface area contributed by atoms with Crippen LogP contribution in [0.3, 0.4) is 0 Å². The molecule has 34 heavy (non-hydrogen) atoms. The standard InChI is InChI=1S/C20H28FN6O6P/c1-6-20(9-32-34(30)11(3)26-19(4,5)17(29)31-7-2)12(28)8-13(33-20)27-10-23-14-15(22)24-18(21)25-16(14)27/h1,10-13,26,28,34H,7-9H2,2-5H3,(H2,22,24,25)/t11?,12-,13+,20+/m0/s1. The van der Waals surface area contributed by atoms with E-state index < -0.39 is 49.3 Å². The maximum Gasteiger partial charge on any atom is 0.325 e. The second kappa shape index (κ2) is 9.93. The number of nitrogens with zero attached hydrogens (tertiary/aromatic N) is 4. The van der Waals surface area contributed by atoms with E-state index in [4.69, 9.17) is 26.2 Å². The number of aliphatic hydroxyl groups is 1. The summed E-state index contributed by atoms with van der Waals surface area (Å²) in [5, 5.41) is 13.6. The third kappa shape index (κ3) is 5.06. The molecule has 0 aliphatic carbocycles. The number of hydrogen-bond acceptors (Lipinski definition) is 11. The quantitative estimate of drug-likeness (QED) is 0.195. The molecule has 0 spiro atoms. The zero-order valence-corrected chi connectivity index (χ0v) is 20.2. The predicted octanol–water partition coefficient (Wildman–Crippen LogP) is 0.968. The molecule has 3 rings (SSSR count). The van der Waals surface area contributed by atoms with E-state index in [-0.39, 0.29) is 36.6 Å². The van der Waals surface area contributed by atoms with Crippen molar-refractivity contribution in [1.29, 1.82) is 0 Å². The molecular formula is C20H28FN6O6P. The number of carbonyl (C=O) groups is 1. The monoisotopic (exact) mass is 498 g/mol. The number of ether oxygens (including phenoxy) is 2. The topological polar surface area (TPSA) is 164 Å². The largest absolute Gasteiger partial charge is 0.465 e. The summed E-state index contributed by atoms with van der Waals surface area (Å²) in [5.74, 6) is 1.03. The summed E-state index contributed by atoms with van der Waals surface area (Å²) in [6.45, 7) is 6.31. The molecule has 14 heteroatoms. The summed E-state index contributed by atoms with van der Waals surface area (Å²) >= 11 is 0. The lowest BCUT2D eigenvalue weighted by Gasteiger charge is -2.29. The molecule has 2 aromatic heterocycles. The fraction of sp³-hybridized carbons (Fsp3) is 0.600. The number of hydrogen-bond donors (Lipinski definition) is 3. The van der Waals surface area contributed by atoms with Gasteiger partial charge in [-0.3, -0.25) is 19.2 Å². The maximum atomic E-state index is 13.7. The molecule has 2 aromatic rings. The fourth-order valence-electron chi connectivity index (χ4n) is 3.62. The number of carbonyl (C=O) groups excluding carboxylic acids is 1. The van der Waals surface area contributed by atoms with Gasteiger partial charge in [-0.25, -0.2) is 4.98 Å². The first-order chi connectivity index (χ1) is 15.9. The molecule has 0 saturated carbocycles. The smallest absolute Gasteiger partial charge is 0.325 e. The van der Waals surface area contributed by atoms with Crippen LogP contribution in [-0.2, 0) is 23.4 Å². The highest BCUT2D eigenvalue weighted by Gasteiger charge is 2.49. The minimum absolute atomic E-state index is 0.00910. The van der Waals surface area contributed by atoms with Crippen molar-refractivity contribution in [3.63, 3.8) is 0 Å². The van der Waals surface area contributed by atoms with E-state index >= 15 is 0 Å². The van der Waals surface area contributed by atoms with Crippen LogP contribution in [0.4, 0.5) is 10.2 Å². The van der Waals surface area contributed by atoms with Crippen LogP contribution >= 0.6 is 8.03 Å². The average molecular weight is 498 g/mol. The zero-order chi connectivity index (χ0) is 25.3. The van der Waals surface area contributed by atoms with Crippen molar-refractivity contribution >= 4 is 31.0 Å². The van der Waals surface area contributed by atoms with Gasteiger partial charge in [0.05, 0.1) is 25.3 Å². The molecule has 1 aliphatic heterocycles. The number of esters is 1. The molecule has 186 valence electrons. The molecule has 5 atom stereocenters. The van der Waals surface area contributed by atoms with Crippen molar-refractivity contribution in [2.24, 2.45) is 0 Å². The van der Waals surface area contributed by atoms with Crippen LogP contribution in [0.2, 0.25) is 0 Å². The molecule has 4 N–H and O–H groups in total. The number of halogens is 1. The van der Waals surface area contributed by atoms with Gasteiger partial charge in [-0.2, -0.15) is 14.4 Å². The van der Waals surface area contributed by atoms with Crippen molar-refractivity contribution in [3.8, 4) is 12.3 Å². The van der Waals surface area contributed by atoms with Gasteiger partial charge in [-0.05, 0) is 27.7 Å². The van der Waals surface area contributed by atoms with Gasteiger partial charge in [0.15, 0.2) is 22.6 Å². The van der Waals surface area contributed by atoms with E-state index in [0.717, 1.165) is 0 Å². The molecule has 3 heterocycles. The van der Waals surface area contributed by atoms with Gasteiger partial charge >= 0.3 is 12.0 Å². The average Bonchev–Trinajstić information content (AvgIpc) is 3.33. The van der Waals surface area contributed by atoms with E-state index in [0.29, 0.717) is 0 Å². The Morgan fingerprint density at radius 1 is 1.59 bits per heavy atom. The Hall–Kier alpha value is -2.62. The van der Waals surface area contributed by atoms with E-state index in [1.54, 1.807) is 27.7 Å². The van der Waals surface area contributed by atoms with Crippen LogP contribution in [0.15, 0.2) is 6.33 Å². The van der Waals surface area contributed by atoms with Crippen LogP contribution in [0.5, 0.6) is 0 Å². The molecule has 1 aliphatic rings. The molecule has 12 nitrogen and oxygen atoms in total. The Morgan fingerprint density at radius 3 is 2.94 bits per heavy atom. The second-order valence-corrected chi connectivity index (χ2v) is 10.2. The number of fused-ring (bicyclic) bond motifs is 1. The number of nitrogens with one attached hydrogen (secondary N) is 1. The summed E-state index contributed by atoms with van der Waals surface area (Å²) in [4.78, 5) is 23.3. The Morgan fingerprint density at radius 2 is 2.29 bits per heavy atom. The van der Waals surface area contributed by atoms with E-state index in [2.05, 4.69) is 26.2 Å². The van der Waals surface area contributed by atoms with Crippen LogP contribution in [0.25, 0.3) is 11.2 Å². The molecule has 1 saturated heterocycles. The van der Waals surface area contributed by atoms with Gasteiger partial charge in [-0.15, -0.1) is 6.42 Å². The minimum atomic E-state index is -2.78. The maximum absolute atomic E-state index is 13.7. The SMILES string of the molecule is C#C[C@]1(CO[PH](=O)C(C)NC(C)(C)C(=O)OCC)O[C@@H](n2cnc3c(N)nc(F)nc32)C[C@@H]1O. The molecule has 2 unspecified atom stereocenters. The van der Waals surface area contributed by atoms with Crippen molar-refractivity contribution in [1.82, 2.24) is 24.8 Å². The van der Waals surface area contributed by atoms with E-state index in [1.807, 2.05) is 0 Å². The number of aromatic nitrogens is 4. The summed E-state index contributed by atoms with van der Waals surface area (Å²) in [6, 6.07) is 0. The highest BCUT2D eigenvalue weighted by atomic mass is 31.1. The Labute approximate surface area is 196 Å². The number of anilines is 1. The Bertz CT molecular complexity index is 1140. The molecule has 0 radical (unpaired) electrons. The molecule has 0 amide bonds. The lowest BCUT2D eigenvalue weighted by molar-refractivity contribution is -0.149. The highest BCUT2D eigenvalue weighted by molar-refractivity contribution is 7.39. The number of rotatable bonds is 9. The molecule has 0 aromatic carbocycles. The van der Waals surface area contributed by atoms with Gasteiger partial charge in [0, 0.05) is 6.42 Å². The predicted molar refractivity (Wildman–Crippen MR) is 120 cm³/mol. The summed E-state index contributed by atoms with van der Waals surface area (Å²) in [5.41, 5.74) is 3.20. The Balaban J connectivity index is 1.70. The van der Waals surface area contributed by atoms with Gasteiger partial charge in [0.25, 0.3) is 0 Å². The van der Waals surface area contributed by atoms with Gasteiger partial charge in [-0.1, -0.05) is 5.92 Å². The van der Waals surface area contributed by atoms with Gasteiger partial charge in [0.1, 0.15) is 17.9 Å². The van der Waals surface area contributed by atoms with Crippen molar-refractivity contribution < 1.29 is 32.9 Å². The lowest BCUT2D eigenvalue weighted by Crippen LogP contribution is -2.51. The number of nitrogen functional groups attached to an aromatic ring is 1. The number of imidazole rings is 1. The minimum Gasteiger partial charge on any atom is -0.465 e. The third-order valence-corrected chi connectivity index (χ3v) is 6.71. The molecule has 1 fully saturated rings. The van der Waals surface area contributed by atoms with Crippen LogP contribution in [-0.4, -0.2) is 66.8 Å². The Kier molecular flexibility index (Phi) is 7.59. The number of aliphatic hydroxyl groups excluding tert-OH is 1. The summed E-state index contributed by atoms with van der Waals surface area (Å²) in [7, 11) is -2.78. The summed E-state index contributed by atoms with van der Waals surface area (Å²) < 4.78 is 44.2. The van der Waals surface area contributed by atoms with E-state index in [1.165, 1.54) is 10.9 Å². The molecule has 0 bridgehead atoms. The van der Waals surface area contributed by atoms with Crippen LogP contribution in [0.1, 0.15) is 40.3 Å². The van der Waals surface area contributed by atoms with Gasteiger partial charge < -0.3 is 24.8 Å². The fourth-order valence-corrected chi connectivity index (χ4v) is 4.70. The molecular weight excluding hydrogens is 470 g/mol. The van der Waals surface area contributed by atoms with Gasteiger partial charge in [0.2, 0.25) is 8.03 Å². The normalized spacial score (nSPS) is 24.6. The number of terminal acetylenes is 1. The van der Waals surface area contributed by atoms with Crippen molar-refractivity contribution in [2.45, 2.75) is 63.4 Å². The summed E-state index contributed by atoms with van der Waals surface area (Å²) in [6.07, 6.45) is 3.89. The third-order valence-electron chi connectivity index (χ3n) is 5.43. The van der Waals surface area contributed by atoms with Crippen LogP contribution in [0, 0.1) is 18.4 Å². The zero-order valence-electron chi connectivity index (χ0n) is 19.2. The highest BCUT2D eigenvalue weighted by Crippen LogP contribution is 2.40. The first-order valence-corrected chi connectivity index (χ1v) is 11.9. The lowest BCUT2D eigenvalue weighted by atomic mass is 9.99. The second-order valence-electron chi connectivity index (χ2n) is 8.38. The first-order valence-electron chi connectivity index (χ1n) is 10.5.